The van der Waals surface area contributed by atoms with Crippen LogP contribution in [-0.4, -0.2) is 347 Å². The minimum absolute atomic E-state index is 0.0128. The van der Waals surface area contributed by atoms with E-state index >= 15 is 0 Å². The van der Waals surface area contributed by atoms with Crippen molar-refractivity contribution in [2.45, 2.75) is 132 Å². The number of ether oxygens (including phenoxy) is 24. The summed E-state index contributed by atoms with van der Waals surface area (Å²) < 4.78 is 131. The molecule has 0 aliphatic heterocycles. The van der Waals surface area contributed by atoms with Gasteiger partial charge < -0.3 is 114 Å². The van der Waals surface area contributed by atoms with Crippen LogP contribution >= 0.6 is 64.8 Å². The number of carbonyl (C=O) groups is 6. The van der Waals surface area contributed by atoms with Crippen molar-refractivity contribution in [3.8, 4) is 0 Å². The van der Waals surface area contributed by atoms with Gasteiger partial charge >= 0.3 is 35.8 Å². The van der Waals surface area contributed by atoms with Gasteiger partial charge in [-0.25, -0.2) is 9.97 Å². The van der Waals surface area contributed by atoms with Crippen LogP contribution in [-0.2, 0) is 142 Å². The van der Waals surface area contributed by atoms with E-state index in [1.165, 1.54) is 54.0 Å². The maximum absolute atomic E-state index is 14.1. The van der Waals surface area contributed by atoms with Crippen LogP contribution in [0.25, 0.3) is 0 Å². The van der Waals surface area contributed by atoms with Gasteiger partial charge in [-0.3, -0.25) is 28.8 Å². The van der Waals surface area contributed by atoms with Gasteiger partial charge in [-0.05, 0) is 147 Å². The highest BCUT2D eigenvalue weighted by Gasteiger charge is 2.50. The molecule has 32 nitrogen and oxygen atoms in total. The zero-order chi connectivity index (χ0) is 91.3. The Labute approximate surface area is 762 Å². The Kier molecular flexibility index (Phi) is 74.7. The molecule has 0 fully saturated rings. The van der Waals surface area contributed by atoms with Crippen molar-refractivity contribution in [3.63, 3.8) is 0 Å². The molecule has 0 aliphatic carbocycles. The molecule has 124 heavy (non-hydrogen) atoms. The lowest BCUT2D eigenvalue weighted by Gasteiger charge is -2.39. The van der Waals surface area contributed by atoms with Gasteiger partial charge in [-0.1, -0.05) is 76.1 Å². The van der Waals surface area contributed by atoms with Gasteiger partial charge in [0.25, 0.3) is 0 Å². The number of rotatable bonds is 86. The molecular weight excluding hydrogens is 1730 g/mol. The Morgan fingerprint density at radius 2 is 0.468 bits per heavy atom. The topological polar surface area (TPSA) is 350 Å². The van der Waals surface area contributed by atoms with Gasteiger partial charge in [-0.2, -0.15) is 0 Å². The van der Waals surface area contributed by atoms with Crippen LogP contribution in [0.4, 0.5) is 0 Å². The van der Waals surface area contributed by atoms with Gasteiger partial charge in [0.15, 0.2) is 0 Å². The van der Waals surface area contributed by atoms with Crippen molar-refractivity contribution in [1.29, 1.82) is 0 Å². The molecule has 2 rings (SSSR count). The summed E-state index contributed by atoms with van der Waals surface area (Å²) in [6, 6.07) is 11.4. The first-order valence-electron chi connectivity index (χ1n) is 42.7. The minimum atomic E-state index is -1.26. The fraction of sp³-hybridized carbons (Fsp3) is 0.814. The molecule has 720 valence electrons. The molecule has 3 unspecified atom stereocenters. The van der Waals surface area contributed by atoms with E-state index in [9.17, 15) is 28.8 Å². The zero-order valence-electron chi connectivity index (χ0n) is 76.6. The number of aromatic nitrogens is 2. The van der Waals surface area contributed by atoms with Gasteiger partial charge in [0, 0.05) is 49.6 Å². The Bertz CT molecular complexity index is 2920. The predicted octanol–water partition coefficient (Wildman–Crippen LogP) is 12.3. The van der Waals surface area contributed by atoms with E-state index in [-0.39, 0.29) is 83.6 Å². The van der Waals surface area contributed by atoms with Gasteiger partial charge in [0.2, 0.25) is 0 Å². The van der Waals surface area contributed by atoms with Crippen molar-refractivity contribution in [3.05, 3.63) is 48.8 Å². The fourth-order valence-electron chi connectivity index (χ4n) is 10.8. The lowest BCUT2D eigenvalue weighted by atomic mass is 9.65. The molecule has 0 radical (unpaired) electrons. The first-order chi connectivity index (χ1) is 59.8. The lowest BCUT2D eigenvalue weighted by molar-refractivity contribution is -0.169. The Morgan fingerprint density at radius 3 is 0.718 bits per heavy atom. The van der Waals surface area contributed by atoms with E-state index < -0.39 is 50.4 Å². The number of esters is 6. The van der Waals surface area contributed by atoms with Crippen LogP contribution in [0.3, 0.4) is 0 Å². The number of methoxy groups -OCH3 is 2. The molecule has 0 N–H and O–H groups in total. The van der Waals surface area contributed by atoms with Crippen molar-refractivity contribution in [1.82, 2.24) is 9.97 Å². The molecule has 0 spiro atoms. The third-order valence-corrected chi connectivity index (χ3v) is 25.1. The maximum atomic E-state index is 14.1. The number of carbonyl (C=O) groups excluding carboxylic acids is 6. The number of hydrogen-bond acceptors (Lipinski definition) is 38. The highest BCUT2D eigenvalue weighted by molar-refractivity contribution is 8.77. The van der Waals surface area contributed by atoms with Crippen LogP contribution in [0.15, 0.2) is 58.8 Å². The quantitative estimate of drug-likeness (QED) is 0.0257. The average Bonchev–Trinajstić information content (AvgIpc) is 0.787. The lowest BCUT2D eigenvalue weighted by Crippen LogP contribution is -2.44. The monoisotopic (exact) mass is 1880 g/mol. The second-order valence-electron chi connectivity index (χ2n) is 30.3. The largest absolute Gasteiger partial charge is 0.464 e. The summed E-state index contributed by atoms with van der Waals surface area (Å²) in [6.07, 6.45) is 5.50. The standard InChI is InChI=1S/C50H87NO17S4.C36H63NO13S2/c1-10-47(3,4)43(52)66-34-37-69-70-38-35-68-46(55)50(8,40-48(5,6)44(53)67-36-39-71-72-42-14-12-13-15-51-42)41-49(7,11-2)45(54)65-33-32-64-31-30-63-29-28-62-27-26-61-25-24-60-23-22-59-21-20-58-19-18-57-17-16-56-9;1-6-36(4,31-35(2,3)33(38)50-29-30-51-52-32-9-7-8-10-37-32)34(39)49-28-27-48-26-25-47-24-23-46-22-21-45-20-19-44-18-17-43-16-15-42-14-13-41-12-11-40-5/h12-15H,10-11,16-41H2,1-9H3;7-10H,6,11-31H2,1-5H3. The third-order valence-electron chi connectivity index (χ3n) is 18.3. The van der Waals surface area contributed by atoms with Crippen molar-refractivity contribution in [2.75, 3.05) is 302 Å². The molecule has 3 atom stereocenters. The molecule has 0 saturated carbocycles. The van der Waals surface area contributed by atoms with Gasteiger partial charge in [0.1, 0.15) is 49.7 Å². The summed E-state index contributed by atoms with van der Waals surface area (Å²) in [5, 5.41) is 1.76. The molecule has 38 heteroatoms. The molecule has 0 amide bonds. The van der Waals surface area contributed by atoms with Crippen molar-refractivity contribution < 1.29 is 142 Å². The highest BCUT2D eigenvalue weighted by Crippen LogP contribution is 2.46. The Balaban J connectivity index is 0.00000131. The number of nitrogens with zero attached hydrogens (tertiary/aromatic N) is 2. The zero-order valence-corrected chi connectivity index (χ0v) is 81.5. The van der Waals surface area contributed by atoms with E-state index in [1.54, 1.807) is 78.9 Å². The molecule has 2 aromatic rings. The highest BCUT2D eigenvalue weighted by atomic mass is 33.1. The second kappa shape index (κ2) is 78.2. The van der Waals surface area contributed by atoms with E-state index in [2.05, 4.69) is 9.97 Å². The first kappa shape index (κ1) is 119. The average molecular weight is 1880 g/mol. The number of hydrogen-bond donors (Lipinski definition) is 0. The van der Waals surface area contributed by atoms with Crippen LogP contribution in [0.2, 0.25) is 0 Å². The second-order valence-corrected chi connectivity index (χ2v) is 37.9. The Morgan fingerprint density at radius 1 is 0.250 bits per heavy atom. The molecule has 0 bridgehead atoms. The molecule has 0 aromatic carbocycles. The SMILES string of the molecule is CCC(C)(C)C(=O)OCCSSCCOC(=O)C(C)(CC(C)(C)C(=O)OCCSSc1ccccn1)CC(C)(CC)C(=O)OCCOCCOCCOCCOCCOCCOCCOCCOCCOC.CCC(C)(CC(C)(C)C(=O)OCCSSc1ccccn1)C(=O)OCCOCCOCCOCCOCCOCCOCCOCCOCCOC. The summed E-state index contributed by atoms with van der Waals surface area (Å²) in [4.78, 5) is 87.9. The first-order valence-corrected chi connectivity index (χ1v) is 49.8. The molecule has 2 aromatic heterocycles. The van der Waals surface area contributed by atoms with E-state index in [0.717, 1.165) is 10.1 Å². The van der Waals surface area contributed by atoms with Gasteiger partial charge in [0.05, 0.1) is 257 Å². The molecule has 0 aliphatic rings. The maximum Gasteiger partial charge on any atom is 0.311 e. The number of pyridine rings is 2. The summed E-state index contributed by atoms with van der Waals surface area (Å²) in [5.41, 5.74) is -5.65. The Hall–Kier alpha value is -3.50. The van der Waals surface area contributed by atoms with E-state index in [1.807, 2.05) is 77.9 Å². The minimum Gasteiger partial charge on any atom is -0.464 e. The van der Waals surface area contributed by atoms with Crippen molar-refractivity contribution in [2.24, 2.45) is 32.5 Å². The smallest absolute Gasteiger partial charge is 0.311 e. The fourth-order valence-corrected chi connectivity index (χ4v) is 15.9. The van der Waals surface area contributed by atoms with Gasteiger partial charge in [-0.15, -0.1) is 0 Å². The normalized spacial score (nSPS) is 13.3. The van der Waals surface area contributed by atoms with E-state index in [0.29, 0.717) is 260 Å². The molecule has 0 saturated heterocycles. The molecule has 2 heterocycles. The third kappa shape index (κ3) is 63.5. The van der Waals surface area contributed by atoms with Crippen LogP contribution < -0.4 is 0 Å². The van der Waals surface area contributed by atoms with Crippen LogP contribution in [0, 0.1) is 32.5 Å². The summed E-state index contributed by atoms with van der Waals surface area (Å²) in [7, 11) is 12.4. The van der Waals surface area contributed by atoms with Crippen LogP contribution in [0.5, 0.6) is 0 Å². The van der Waals surface area contributed by atoms with Crippen LogP contribution in [0.1, 0.15) is 122 Å². The van der Waals surface area contributed by atoms with Crippen molar-refractivity contribution >= 4 is 101 Å². The molecular formula is C86H150N2O30S6. The summed E-state index contributed by atoms with van der Waals surface area (Å²) in [6.45, 7) is 38.4. The summed E-state index contributed by atoms with van der Waals surface area (Å²) >= 11 is 0. The predicted molar refractivity (Wildman–Crippen MR) is 483 cm³/mol. The van der Waals surface area contributed by atoms with E-state index in [4.69, 9.17) is 114 Å². The summed E-state index contributed by atoms with van der Waals surface area (Å²) in [5.74, 6) is -0.110.